The number of benzene rings is 2. The number of carbonyl (C=O) groups is 1. The molecule has 0 spiro atoms. The molecule has 5 nitrogen and oxygen atoms in total. The van der Waals surface area contributed by atoms with E-state index in [0.717, 1.165) is 35.7 Å². The second-order valence-electron chi connectivity index (χ2n) is 7.64. The van der Waals surface area contributed by atoms with E-state index in [1.807, 2.05) is 37.3 Å². The molecular weight excluding hydrogens is 360 g/mol. The van der Waals surface area contributed by atoms with Gasteiger partial charge in [-0.3, -0.25) is 4.79 Å². The van der Waals surface area contributed by atoms with Gasteiger partial charge in [0.2, 0.25) is 0 Å². The first-order valence-corrected chi connectivity index (χ1v) is 10.1. The van der Waals surface area contributed by atoms with E-state index in [4.69, 9.17) is 0 Å². The van der Waals surface area contributed by atoms with Crippen LogP contribution in [0, 0.1) is 6.92 Å². The van der Waals surface area contributed by atoms with E-state index in [9.17, 15) is 4.79 Å². The Kier molecular flexibility index (Phi) is 5.56. The highest BCUT2D eigenvalue weighted by Gasteiger charge is 2.16. The molecule has 0 unspecified atom stereocenters. The second kappa shape index (κ2) is 8.43. The Bertz CT molecular complexity index is 994. The zero-order chi connectivity index (χ0) is 20.2. The summed E-state index contributed by atoms with van der Waals surface area (Å²) in [7, 11) is 0. The zero-order valence-corrected chi connectivity index (χ0v) is 16.9. The van der Waals surface area contributed by atoms with Gasteiger partial charge in [0.25, 0.3) is 5.91 Å². The van der Waals surface area contributed by atoms with Gasteiger partial charge < -0.3 is 10.2 Å². The second-order valence-corrected chi connectivity index (χ2v) is 7.64. The summed E-state index contributed by atoms with van der Waals surface area (Å²) < 4.78 is 0. The van der Waals surface area contributed by atoms with Gasteiger partial charge in [0.15, 0.2) is 0 Å². The molecule has 0 radical (unpaired) electrons. The van der Waals surface area contributed by atoms with Crippen molar-refractivity contribution in [3.8, 4) is 11.3 Å². The molecule has 2 aromatic carbocycles. The van der Waals surface area contributed by atoms with E-state index in [-0.39, 0.29) is 11.9 Å². The number of rotatable bonds is 5. The highest BCUT2D eigenvalue weighted by molar-refractivity contribution is 5.95. The number of aryl methyl sites for hydroxylation is 1. The Balaban J connectivity index is 1.51. The first kappa shape index (κ1) is 19.1. The van der Waals surface area contributed by atoms with Gasteiger partial charge in [-0.25, -0.2) is 9.97 Å². The van der Waals surface area contributed by atoms with Crippen LogP contribution in [0.15, 0.2) is 60.9 Å². The van der Waals surface area contributed by atoms with Crippen molar-refractivity contribution in [1.82, 2.24) is 15.3 Å². The molecule has 1 N–H and O–H groups in total. The van der Waals surface area contributed by atoms with E-state index in [1.165, 1.54) is 18.4 Å². The predicted octanol–water partition coefficient (Wildman–Crippen LogP) is 4.54. The van der Waals surface area contributed by atoms with E-state index in [2.05, 4.69) is 51.4 Å². The lowest BCUT2D eigenvalue weighted by Crippen LogP contribution is -2.26. The van der Waals surface area contributed by atoms with Gasteiger partial charge in [-0.2, -0.15) is 0 Å². The Morgan fingerprint density at radius 3 is 2.55 bits per heavy atom. The van der Waals surface area contributed by atoms with Crippen LogP contribution in [0.3, 0.4) is 0 Å². The molecule has 1 amide bonds. The van der Waals surface area contributed by atoms with Crippen molar-refractivity contribution in [2.75, 3.05) is 18.0 Å². The van der Waals surface area contributed by atoms with Crippen LogP contribution in [-0.2, 0) is 0 Å². The van der Waals surface area contributed by atoms with Gasteiger partial charge in [0.1, 0.15) is 12.1 Å². The molecule has 0 saturated carbocycles. The molecule has 1 aliphatic heterocycles. The molecule has 1 atom stereocenters. The standard InChI is InChI=1S/C24H26N4O/c1-17-8-10-19(11-9-17)18(2)27-24(29)21-7-5-6-20(14-21)22-15-23(26-16-25-22)28-12-3-4-13-28/h5-11,14-16,18H,3-4,12-13H2,1-2H3,(H,27,29)/t18-/m0/s1. The Hall–Kier alpha value is -3.21. The number of amides is 1. The number of carbonyl (C=O) groups excluding carboxylic acids is 1. The largest absolute Gasteiger partial charge is 0.357 e. The van der Waals surface area contributed by atoms with Crippen LogP contribution in [0.2, 0.25) is 0 Å². The van der Waals surface area contributed by atoms with Crippen molar-refractivity contribution < 1.29 is 4.79 Å². The summed E-state index contributed by atoms with van der Waals surface area (Å²) in [6, 6.07) is 17.8. The fourth-order valence-corrected chi connectivity index (χ4v) is 3.66. The number of nitrogens with one attached hydrogen (secondary N) is 1. The molecule has 5 heteroatoms. The molecule has 29 heavy (non-hydrogen) atoms. The zero-order valence-electron chi connectivity index (χ0n) is 16.9. The minimum atomic E-state index is -0.0891. The number of nitrogens with zero attached hydrogens (tertiary/aromatic N) is 3. The summed E-state index contributed by atoms with van der Waals surface area (Å²) in [6.45, 7) is 6.13. The topological polar surface area (TPSA) is 58.1 Å². The van der Waals surface area contributed by atoms with Crippen LogP contribution in [0.4, 0.5) is 5.82 Å². The van der Waals surface area contributed by atoms with Gasteiger partial charge in [-0.1, -0.05) is 42.0 Å². The first-order valence-electron chi connectivity index (χ1n) is 10.1. The summed E-state index contributed by atoms with van der Waals surface area (Å²) in [5.74, 6) is 0.865. The van der Waals surface area contributed by atoms with E-state index < -0.39 is 0 Å². The summed E-state index contributed by atoms with van der Waals surface area (Å²) in [4.78, 5) is 23.9. The van der Waals surface area contributed by atoms with E-state index in [1.54, 1.807) is 6.33 Å². The highest BCUT2D eigenvalue weighted by Crippen LogP contribution is 2.24. The number of aromatic nitrogens is 2. The van der Waals surface area contributed by atoms with Crippen LogP contribution >= 0.6 is 0 Å². The Morgan fingerprint density at radius 1 is 1.03 bits per heavy atom. The maximum absolute atomic E-state index is 12.8. The van der Waals surface area contributed by atoms with E-state index >= 15 is 0 Å². The molecule has 1 fully saturated rings. The molecular formula is C24H26N4O. The van der Waals surface area contributed by atoms with Gasteiger partial charge in [0.05, 0.1) is 11.7 Å². The Morgan fingerprint density at radius 2 is 1.79 bits per heavy atom. The van der Waals surface area contributed by atoms with Gasteiger partial charge >= 0.3 is 0 Å². The molecule has 4 rings (SSSR count). The molecule has 148 valence electrons. The monoisotopic (exact) mass is 386 g/mol. The van der Waals surface area contributed by atoms with Gasteiger partial charge in [-0.15, -0.1) is 0 Å². The predicted molar refractivity (Wildman–Crippen MR) is 116 cm³/mol. The highest BCUT2D eigenvalue weighted by atomic mass is 16.1. The lowest BCUT2D eigenvalue weighted by molar-refractivity contribution is 0.0940. The minimum Gasteiger partial charge on any atom is -0.357 e. The number of hydrogen-bond donors (Lipinski definition) is 1. The van der Waals surface area contributed by atoms with Crippen LogP contribution in [0.5, 0.6) is 0 Å². The van der Waals surface area contributed by atoms with Crippen molar-refractivity contribution in [2.24, 2.45) is 0 Å². The third-order valence-corrected chi connectivity index (χ3v) is 5.43. The van der Waals surface area contributed by atoms with Crippen molar-refractivity contribution >= 4 is 11.7 Å². The number of anilines is 1. The van der Waals surface area contributed by atoms with Gasteiger partial charge in [0, 0.05) is 30.3 Å². The summed E-state index contributed by atoms with van der Waals surface area (Å²) in [6.07, 6.45) is 4.01. The van der Waals surface area contributed by atoms with Crippen molar-refractivity contribution in [3.63, 3.8) is 0 Å². The van der Waals surface area contributed by atoms with Crippen LogP contribution in [0.25, 0.3) is 11.3 Å². The molecule has 0 aliphatic carbocycles. The first-order chi connectivity index (χ1) is 14.1. The smallest absolute Gasteiger partial charge is 0.251 e. The van der Waals surface area contributed by atoms with Crippen LogP contribution in [-0.4, -0.2) is 29.0 Å². The third-order valence-electron chi connectivity index (χ3n) is 5.43. The molecule has 1 aromatic heterocycles. The molecule has 1 saturated heterocycles. The van der Waals surface area contributed by atoms with Gasteiger partial charge in [-0.05, 0) is 44.4 Å². The molecule has 3 aromatic rings. The maximum atomic E-state index is 12.8. The lowest BCUT2D eigenvalue weighted by Gasteiger charge is -2.17. The molecule has 2 heterocycles. The summed E-state index contributed by atoms with van der Waals surface area (Å²) in [5.41, 5.74) is 4.68. The van der Waals surface area contributed by atoms with Crippen LogP contribution in [0.1, 0.15) is 47.3 Å². The Labute approximate surface area is 171 Å². The average Bonchev–Trinajstić information content (AvgIpc) is 3.29. The number of hydrogen-bond acceptors (Lipinski definition) is 4. The van der Waals surface area contributed by atoms with Crippen LogP contribution < -0.4 is 10.2 Å². The van der Waals surface area contributed by atoms with Crippen molar-refractivity contribution in [3.05, 3.63) is 77.6 Å². The molecule has 0 bridgehead atoms. The summed E-state index contributed by atoms with van der Waals surface area (Å²) >= 11 is 0. The SMILES string of the molecule is Cc1ccc([C@H](C)NC(=O)c2cccc(-c3cc(N4CCCC4)ncn3)c2)cc1. The normalized spacial score (nSPS) is 14.6. The lowest BCUT2D eigenvalue weighted by atomic mass is 10.0. The van der Waals surface area contributed by atoms with E-state index in [0.29, 0.717) is 5.56 Å². The quantitative estimate of drug-likeness (QED) is 0.699. The fourth-order valence-electron chi connectivity index (χ4n) is 3.66. The van der Waals surface area contributed by atoms with Crippen molar-refractivity contribution in [1.29, 1.82) is 0 Å². The average molecular weight is 386 g/mol. The molecule has 1 aliphatic rings. The maximum Gasteiger partial charge on any atom is 0.251 e. The minimum absolute atomic E-state index is 0.0624. The summed E-state index contributed by atoms with van der Waals surface area (Å²) in [5, 5.41) is 3.09. The third kappa shape index (κ3) is 4.45. The fraction of sp³-hybridized carbons (Fsp3) is 0.292. The van der Waals surface area contributed by atoms with Crippen molar-refractivity contribution in [2.45, 2.75) is 32.7 Å².